The SMILES string of the molecule is CCN(CC)S(=O)(=O)N1CCOC(CC(=O)OC)C1. The lowest BCUT2D eigenvalue weighted by atomic mass is 10.2. The number of nitrogens with zero attached hydrogens (tertiary/aromatic N) is 2. The molecule has 7 nitrogen and oxygen atoms in total. The zero-order chi connectivity index (χ0) is 14.5. The first kappa shape index (κ1) is 16.4. The molecule has 1 rings (SSSR count). The summed E-state index contributed by atoms with van der Waals surface area (Å²) in [5, 5.41) is 0. The number of methoxy groups -OCH3 is 1. The number of ether oxygens (including phenoxy) is 2. The van der Waals surface area contributed by atoms with E-state index in [2.05, 4.69) is 4.74 Å². The van der Waals surface area contributed by atoms with Crippen molar-refractivity contribution in [2.45, 2.75) is 26.4 Å². The van der Waals surface area contributed by atoms with Gasteiger partial charge in [-0.1, -0.05) is 13.8 Å². The maximum Gasteiger partial charge on any atom is 0.308 e. The van der Waals surface area contributed by atoms with Gasteiger partial charge in [-0.3, -0.25) is 4.79 Å². The Kier molecular flexibility index (Phi) is 6.18. The second-order valence-corrected chi connectivity index (χ2v) is 6.15. The fourth-order valence-electron chi connectivity index (χ4n) is 2.01. The fraction of sp³-hybridized carbons (Fsp3) is 0.909. The van der Waals surface area contributed by atoms with E-state index in [1.807, 2.05) is 0 Å². The predicted molar refractivity (Wildman–Crippen MR) is 69.8 cm³/mol. The number of rotatable bonds is 6. The summed E-state index contributed by atoms with van der Waals surface area (Å²) >= 11 is 0. The van der Waals surface area contributed by atoms with Crippen LogP contribution < -0.4 is 0 Å². The van der Waals surface area contributed by atoms with Crippen LogP contribution in [-0.4, -0.2) is 69.0 Å². The number of carbonyl (C=O) groups excluding carboxylic acids is 1. The molecular weight excluding hydrogens is 272 g/mol. The second kappa shape index (κ2) is 7.18. The van der Waals surface area contributed by atoms with Crippen LogP contribution in [0, 0.1) is 0 Å². The van der Waals surface area contributed by atoms with Crippen LogP contribution >= 0.6 is 0 Å². The summed E-state index contributed by atoms with van der Waals surface area (Å²) in [5.74, 6) is -0.396. The van der Waals surface area contributed by atoms with E-state index in [0.29, 0.717) is 26.2 Å². The molecule has 0 amide bonds. The first-order valence-corrected chi connectivity index (χ1v) is 7.79. The number of morpholine rings is 1. The number of hydrogen-bond acceptors (Lipinski definition) is 5. The molecule has 19 heavy (non-hydrogen) atoms. The molecule has 0 spiro atoms. The monoisotopic (exact) mass is 294 g/mol. The Morgan fingerprint density at radius 1 is 1.42 bits per heavy atom. The van der Waals surface area contributed by atoms with Crippen molar-refractivity contribution >= 4 is 16.2 Å². The van der Waals surface area contributed by atoms with Gasteiger partial charge < -0.3 is 9.47 Å². The van der Waals surface area contributed by atoms with Crippen LogP contribution in [0.1, 0.15) is 20.3 Å². The summed E-state index contributed by atoms with van der Waals surface area (Å²) < 4.78 is 37.4. The van der Waals surface area contributed by atoms with E-state index in [-0.39, 0.29) is 13.0 Å². The average Bonchev–Trinajstić information content (AvgIpc) is 2.40. The Morgan fingerprint density at radius 3 is 2.58 bits per heavy atom. The Bertz CT molecular complexity index is 394. The van der Waals surface area contributed by atoms with E-state index in [1.165, 1.54) is 15.7 Å². The second-order valence-electron chi connectivity index (χ2n) is 4.22. The van der Waals surface area contributed by atoms with Gasteiger partial charge in [0.05, 0.1) is 26.2 Å². The van der Waals surface area contributed by atoms with Gasteiger partial charge in [0.25, 0.3) is 10.2 Å². The predicted octanol–water partition coefficient (Wildman–Crippen LogP) is -0.163. The normalized spacial score (nSPS) is 21.6. The molecule has 1 fully saturated rings. The van der Waals surface area contributed by atoms with Crippen LogP contribution in [0.4, 0.5) is 0 Å². The van der Waals surface area contributed by atoms with Gasteiger partial charge in [0.1, 0.15) is 0 Å². The molecule has 1 saturated heterocycles. The van der Waals surface area contributed by atoms with Crippen molar-refractivity contribution in [3.8, 4) is 0 Å². The third-order valence-electron chi connectivity index (χ3n) is 3.08. The van der Waals surface area contributed by atoms with E-state index in [4.69, 9.17) is 4.74 Å². The maximum absolute atomic E-state index is 12.3. The van der Waals surface area contributed by atoms with Crippen molar-refractivity contribution < 1.29 is 22.7 Å². The Balaban J connectivity index is 2.71. The highest BCUT2D eigenvalue weighted by molar-refractivity contribution is 7.86. The first-order valence-electron chi connectivity index (χ1n) is 6.39. The zero-order valence-electron chi connectivity index (χ0n) is 11.7. The van der Waals surface area contributed by atoms with Crippen molar-refractivity contribution in [2.24, 2.45) is 0 Å². The first-order chi connectivity index (χ1) is 8.95. The van der Waals surface area contributed by atoms with Gasteiger partial charge in [0.15, 0.2) is 0 Å². The van der Waals surface area contributed by atoms with Gasteiger partial charge in [-0.15, -0.1) is 0 Å². The molecule has 0 aromatic heterocycles. The minimum atomic E-state index is -3.47. The molecule has 0 N–H and O–H groups in total. The minimum absolute atomic E-state index is 0.0702. The van der Waals surface area contributed by atoms with Crippen molar-refractivity contribution in [2.75, 3.05) is 39.9 Å². The molecule has 112 valence electrons. The van der Waals surface area contributed by atoms with Crippen LogP contribution in [0.25, 0.3) is 0 Å². The summed E-state index contributed by atoms with van der Waals surface area (Å²) in [5.41, 5.74) is 0. The van der Waals surface area contributed by atoms with Crippen molar-refractivity contribution in [1.29, 1.82) is 0 Å². The number of carbonyl (C=O) groups is 1. The molecule has 0 aromatic rings. The van der Waals surface area contributed by atoms with Gasteiger partial charge in [-0.2, -0.15) is 17.0 Å². The van der Waals surface area contributed by atoms with E-state index in [9.17, 15) is 13.2 Å². The molecule has 0 aliphatic carbocycles. The fourth-order valence-corrected chi connectivity index (χ4v) is 3.65. The summed E-state index contributed by atoms with van der Waals surface area (Å²) in [6.07, 6.45) is -0.368. The molecule has 1 aliphatic heterocycles. The molecule has 8 heteroatoms. The lowest BCUT2D eigenvalue weighted by molar-refractivity contribution is -0.145. The summed E-state index contributed by atoms with van der Waals surface area (Å²) in [7, 11) is -2.16. The van der Waals surface area contributed by atoms with Crippen LogP contribution in [-0.2, 0) is 24.5 Å². The molecular formula is C11H22N2O5S. The molecule has 1 heterocycles. The molecule has 1 atom stereocenters. The van der Waals surface area contributed by atoms with Crippen LogP contribution in [0.2, 0.25) is 0 Å². The largest absolute Gasteiger partial charge is 0.469 e. The smallest absolute Gasteiger partial charge is 0.308 e. The Hall–Kier alpha value is -0.700. The summed E-state index contributed by atoms with van der Waals surface area (Å²) in [4.78, 5) is 11.2. The minimum Gasteiger partial charge on any atom is -0.469 e. The van der Waals surface area contributed by atoms with Gasteiger partial charge in [-0.25, -0.2) is 0 Å². The Morgan fingerprint density at radius 2 is 2.05 bits per heavy atom. The molecule has 1 aliphatic rings. The van der Waals surface area contributed by atoms with Gasteiger partial charge >= 0.3 is 5.97 Å². The topological polar surface area (TPSA) is 76.2 Å². The highest BCUT2D eigenvalue weighted by atomic mass is 32.2. The van der Waals surface area contributed by atoms with Crippen LogP contribution in [0.15, 0.2) is 0 Å². The molecule has 0 saturated carbocycles. The zero-order valence-corrected chi connectivity index (χ0v) is 12.5. The van der Waals surface area contributed by atoms with E-state index in [0.717, 1.165) is 0 Å². The highest BCUT2D eigenvalue weighted by Gasteiger charge is 2.33. The Labute approximate surface area is 114 Å². The van der Waals surface area contributed by atoms with Crippen molar-refractivity contribution in [3.63, 3.8) is 0 Å². The standard InChI is InChI=1S/C11H22N2O5S/c1-4-12(5-2)19(15,16)13-6-7-18-10(9-13)8-11(14)17-3/h10H,4-9H2,1-3H3. The van der Waals surface area contributed by atoms with Gasteiger partial charge in [-0.05, 0) is 0 Å². The quantitative estimate of drug-likeness (QED) is 0.636. The summed E-state index contributed by atoms with van der Waals surface area (Å²) in [6.45, 7) is 5.25. The lowest BCUT2D eigenvalue weighted by Crippen LogP contribution is -2.51. The molecule has 0 radical (unpaired) electrons. The average molecular weight is 294 g/mol. The third kappa shape index (κ3) is 4.13. The van der Waals surface area contributed by atoms with Crippen molar-refractivity contribution in [1.82, 2.24) is 8.61 Å². The molecule has 1 unspecified atom stereocenters. The summed E-state index contributed by atoms with van der Waals surface area (Å²) in [6, 6.07) is 0. The maximum atomic E-state index is 12.3. The van der Waals surface area contributed by atoms with Crippen molar-refractivity contribution in [3.05, 3.63) is 0 Å². The van der Waals surface area contributed by atoms with Crippen LogP contribution in [0.3, 0.4) is 0 Å². The molecule has 0 aromatic carbocycles. The van der Waals surface area contributed by atoms with Gasteiger partial charge in [0.2, 0.25) is 0 Å². The van der Waals surface area contributed by atoms with E-state index < -0.39 is 22.3 Å². The highest BCUT2D eigenvalue weighted by Crippen LogP contribution is 2.16. The van der Waals surface area contributed by atoms with Crippen LogP contribution in [0.5, 0.6) is 0 Å². The third-order valence-corrected chi connectivity index (χ3v) is 5.23. The van der Waals surface area contributed by atoms with E-state index in [1.54, 1.807) is 13.8 Å². The lowest BCUT2D eigenvalue weighted by Gasteiger charge is -2.34. The van der Waals surface area contributed by atoms with E-state index >= 15 is 0 Å². The molecule has 0 bridgehead atoms. The van der Waals surface area contributed by atoms with Gasteiger partial charge in [0, 0.05) is 26.2 Å². The number of hydrogen-bond donors (Lipinski definition) is 0. The number of esters is 1.